The van der Waals surface area contributed by atoms with Crippen LogP contribution in [0.15, 0.2) is 59.7 Å². The smallest absolute Gasteiger partial charge is 0.254 e. The van der Waals surface area contributed by atoms with E-state index in [4.69, 9.17) is 4.42 Å². The van der Waals surface area contributed by atoms with Gasteiger partial charge in [0.1, 0.15) is 5.76 Å². The van der Waals surface area contributed by atoms with Crippen LogP contribution in [0.4, 0.5) is 5.95 Å². The highest BCUT2D eigenvalue weighted by Gasteiger charge is 2.07. The van der Waals surface area contributed by atoms with Crippen molar-refractivity contribution in [3.05, 3.63) is 72.2 Å². The number of carbonyl (C=O) groups is 1. The molecule has 3 aromatic rings. The highest BCUT2D eigenvalue weighted by Crippen LogP contribution is 2.05. The predicted octanol–water partition coefficient (Wildman–Crippen LogP) is 2.01. The lowest BCUT2D eigenvalue weighted by Crippen LogP contribution is -2.23. The molecular weight excluding hydrogens is 294 g/mol. The number of aromatic nitrogens is 3. The third kappa shape index (κ3) is 4.13. The molecular formula is C16H15N5O2. The Hall–Kier alpha value is -3.22. The van der Waals surface area contributed by atoms with Gasteiger partial charge >= 0.3 is 0 Å². The quantitative estimate of drug-likeness (QED) is 0.723. The van der Waals surface area contributed by atoms with Gasteiger partial charge in [-0.25, -0.2) is 9.97 Å². The largest absolute Gasteiger partial charge is 0.467 e. The van der Waals surface area contributed by atoms with Gasteiger partial charge < -0.3 is 15.1 Å². The van der Waals surface area contributed by atoms with Crippen LogP contribution < -0.4 is 10.6 Å². The van der Waals surface area contributed by atoms with Crippen molar-refractivity contribution >= 4 is 11.9 Å². The summed E-state index contributed by atoms with van der Waals surface area (Å²) < 4.78 is 5.20. The summed E-state index contributed by atoms with van der Waals surface area (Å²) >= 11 is 0. The monoisotopic (exact) mass is 309 g/mol. The molecule has 0 atom stereocenters. The van der Waals surface area contributed by atoms with Gasteiger partial charge in [-0.15, -0.1) is 0 Å². The lowest BCUT2D eigenvalue weighted by atomic mass is 10.2. The normalized spacial score (nSPS) is 10.3. The van der Waals surface area contributed by atoms with Gasteiger partial charge in [-0.3, -0.25) is 9.78 Å². The Morgan fingerprint density at radius 3 is 2.65 bits per heavy atom. The van der Waals surface area contributed by atoms with Crippen molar-refractivity contribution < 1.29 is 9.21 Å². The van der Waals surface area contributed by atoms with Crippen molar-refractivity contribution in [2.24, 2.45) is 0 Å². The first-order valence-electron chi connectivity index (χ1n) is 7.06. The minimum Gasteiger partial charge on any atom is -0.467 e. The average Bonchev–Trinajstić information content (AvgIpc) is 3.13. The molecule has 0 spiro atoms. The van der Waals surface area contributed by atoms with Gasteiger partial charge in [0.05, 0.1) is 18.4 Å². The second kappa shape index (κ2) is 7.17. The summed E-state index contributed by atoms with van der Waals surface area (Å²) in [6, 6.07) is 7.39. The summed E-state index contributed by atoms with van der Waals surface area (Å²) in [6.07, 6.45) is 7.96. The number of hydrogen-bond acceptors (Lipinski definition) is 6. The second-order valence-corrected chi connectivity index (χ2v) is 4.77. The number of pyridine rings is 1. The molecule has 0 unspecified atom stereocenters. The van der Waals surface area contributed by atoms with Crippen LogP contribution in [0.2, 0.25) is 0 Å². The van der Waals surface area contributed by atoms with E-state index in [-0.39, 0.29) is 5.91 Å². The summed E-state index contributed by atoms with van der Waals surface area (Å²) in [5, 5.41) is 5.81. The van der Waals surface area contributed by atoms with Crippen LogP contribution in [-0.2, 0) is 13.1 Å². The fourth-order valence-electron chi connectivity index (χ4n) is 1.90. The molecule has 0 fully saturated rings. The molecule has 3 rings (SSSR count). The molecule has 0 aliphatic rings. The lowest BCUT2D eigenvalue weighted by molar-refractivity contribution is 0.0950. The third-order valence-corrected chi connectivity index (χ3v) is 3.09. The highest BCUT2D eigenvalue weighted by molar-refractivity contribution is 5.93. The van der Waals surface area contributed by atoms with Gasteiger partial charge in [0, 0.05) is 31.3 Å². The number of nitrogens with one attached hydrogen (secondary N) is 2. The van der Waals surface area contributed by atoms with E-state index in [1.807, 2.05) is 24.3 Å². The molecule has 0 bridgehead atoms. The van der Waals surface area contributed by atoms with Crippen molar-refractivity contribution in [1.29, 1.82) is 0 Å². The summed E-state index contributed by atoms with van der Waals surface area (Å²) in [5.41, 5.74) is 1.33. The number of hydrogen-bond donors (Lipinski definition) is 2. The van der Waals surface area contributed by atoms with E-state index in [1.54, 1.807) is 18.7 Å². The Bertz CT molecular complexity index is 742. The fraction of sp³-hybridized carbons (Fsp3) is 0.125. The molecule has 0 aliphatic heterocycles. The molecule has 3 aromatic heterocycles. The molecule has 0 radical (unpaired) electrons. The summed E-state index contributed by atoms with van der Waals surface area (Å²) in [5.74, 6) is 0.989. The third-order valence-electron chi connectivity index (χ3n) is 3.09. The van der Waals surface area contributed by atoms with E-state index in [0.29, 0.717) is 24.6 Å². The van der Waals surface area contributed by atoms with E-state index in [0.717, 1.165) is 11.3 Å². The number of rotatable bonds is 6. The number of furan rings is 1. The maximum atomic E-state index is 12.0. The van der Waals surface area contributed by atoms with Crippen LogP contribution in [-0.4, -0.2) is 20.9 Å². The highest BCUT2D eigenvalue weighted by atomic mass is 16.3. The molecule has 0 saturated heterocycles. The molecule has 1 amide bonds. The molecule has 2 N–H and O–H groups in total. The molecule has 23 heavy (non-hydrogen) atoms. The first-order chi connectivity index (χ1) is 11.3. The van der Waals surface area contributed by atoms with E-state index >= 15 is 0 Å². The Kier molecular flexibility index (Phi) is 4.58. The summed E-state index contributed by atoms with van der Waals surface area (Å²) in [4.78, 5) is 24.3. The van der Waals surface area contributed by atoms with Gasteiger partial charge in [-0.2, -0.15) is 0 Å². The van der Waals surface area contributed by atoms with Gasteiger partial charge in [0.15, 0.2) is 0 Å². The van der Waals surface area contributed by atoms with Gasteiger partial charge in [0.25, 0.3) is 5.91 Å². The SMILES string of the molecule is O=C(NCc1cccnc1)c1cnc(NCc2ccco2)nc1. The predicted molar refractivity (Wildman–Crippen MR) is 83.5 cm³/mol. The number of carbonyl (C=O) groups excluding carboxylic acids is 1. The Morgan fingerprint density at radius 1 is 1.09 bits per heavy atom. The zero-order valence-corrected chi connectivity index (χ0v) is 12.3. The zero-order chi connectivity index (χ0) is 15.9. The van der Waals surface area contributed by atoms with Crippen molar-refractivity contribution in [2.45, 2.75) is 13.1 Å². The van der Waals surface area contributed by atoms with Crippen molar-refractivity contribution in [1.82, 2.24) is 20.3 Å². The number of nitrogens with zero attached hydrogens (tertiary/aromatic N) is 3. The molecule has 3 heterocycles. The van der Waals surface area contributed by atoms with Crippen molar-refractivity contribution in [2.75, 3.05) is 5.32 Å². The van der Waals surface area contributed by atoms with E-state index in [9.17, 15) is 4.79 Å². The lowest BCUT2D eigenvalue weighted by Gasteiger charge is -2.06. The van der Waals surface area contributed by atoms with Gasteiger partial charge in [0.2, 0.25) is 5.95 Å². The second-order valence-electron chi connectivity index (χ2n) is 4.77. The topological polar surface area (TPSA) is 92.9 Å². The van der Waals surface area contributed by atoms with Gasteiger partial charge in [-0.1, -0.05) is 6.07 Å². The Morgan fingerprint density at radius 2 is 1.96 bits per heavy atom. The van der Waals surface area contributed by atoms with E-state index < -0.39 is 0 Å². The van der Waals surface area contributed by atoms with Crippen molar-refractivity contribution in [3.63, 3.8) is 0 Å². The molecule has 0 aliphatic carbocycles. The van der Waals surface area contributed by atoms with E-state index in [1.165, 1.54) is 12.4 Å². The molecule has 0 saturated carbocycles. The Balaban J connectivity index is 1.53. The first-order valence-corrected chi connectivity index (χ1v) is 7.06. The summed E-state index contributed by atoms with van der Waals surface area (Å²) in [7, 11) is 0. The van der Waals surface area contributed by atoms with Crippen LogP contribution in [0.5, 0.6) is 0 Å². The summed E-state index contributed by atoms with van der Waals surface area (Å²) in [6.45, 7) is 0.894. The molecule has 0 aromatic carbocycles. The van der Waals surface area contributed by atoms with Crippen LogP contribution in [0.1, 0.15) is 21.7 Å². The first kappa shape index (κ1) is 14.7. The maximum absolute atomic E-state index is 12.0. The van der Waals surface area contributed by atoms with Crippen LogP contribution in [0.25, 0.3) is 0 Å². The van der Waals surface area contributed by atoms with Crippen molar-refractivity contribution in [3.8, 4) is 0 Å². The maximum Gasteiger partial charge on any atom is 0.254 e. The standard InChI is InChI=1S/C16H15N5O2/c22-15(18-8-12-3-1-5-17-7-12)13-9-19-16(20-10-13)21-11-14-4-2-6-23-14/h1-7,9-10H,8,11H2,(H,18,22)(H,19,20,21). The molecule has 7 nitrogen and oxygen atoms in total. The van der Waals surface area contributed by atoms with E-state index in [2.05, 4.69) is 25.6 Å². The zero-order valence-electron chi connectivity index (χ0n) is 12.3. The minimum atomic E-state index is -0.230. The average molecular weight is 309 g/mol. The number of amides is 1. The molecule has 116 valence electrons. The van der Waals surface area contributed by atoms with Crippen LogP contribution >= 0.6 is 0 Å². The fourth-order valence-corrected chi connectivity index (χ4v) is 1.90. The van der Waals surface area contributed by atoms with Gasteiger partial charge in [-0.05, 0) is 23.8 Å². The van der Waals surface area contributed by atoms with Crippen LogP contribution in [0, 0.1) is 0 Å². The molecule has 7 heteroatoms. The van der Waals surface area contributed by atoms with Crippen LogP contribution in [0.3, 0.4) is 0 Å². The Labute approximate surface area is 132 Å². The number of anilines is 1. The minimum absolute atomic E-state index is 0.230.